The molecule has 4 aromatic carbocycles. The lowest BCUT2D eigenvalue weighted by Gasteiger charge is -2.09. The van der Waals surface area contributed by atoms with Gasteiger partial charge < -0.3 is 39.7 Å². The molecule has 1 aliphatic rings. The fourth-order valence-electron chi connectivity index (χ4n) is 7.14. The van der Waals surface area contributed by atoms with Crippen LogP contribution in [0.4, 0.5) is 0 Å². The summed E-state index contributed by atoms with van der Waals surface area (Å²) in [7, 11) is 0. The first-order valence-electron chi connectivity index (χ1n) is 20.3. The third-order valence-corrected chi connectivity index (χ3v) is 11.2. The van der Waals surface area contributed by atoms with E-state index in [1.807, 2.05) is 84.9 Å². The number of hydrogen-bond acceptors (Lipinski definition) is 7. The van der Waals surface area contributed by atoms with Crippen LogP contribution in [0.15, 0.2) is 146 Å². The SMILES string of the molecule is CCOC(=O)COc1ccc(C2=c3ccc([nH]3)=C(C#Cc3cccc(O)c3)c3ccc([nH]3)C(C#Cc3cccc(O)c3)=c3ccc([nH]3)=C(C#Cc3cccc(O)c3)c3ccc2s3)cc1. The molecule has 5 heterocycles. The Morgan fingerprint density at radius 3 is 1.55 bits per heavy atom. The Bertz CT molecular complexity index is 3550. The summed E-state index contributed by atoms with van der Waals surface area (Å²) in [6.45, 7) is 1.82. The number of phenolic OH excluding ortho intramolecular Hbond substituents is 3. The second kappa shape index (κ2) is 18.1. The Morgan fingerprint density at radius 2 is 1.02 bits per heavy atom. The van der Waals surface area contributed by atoms with Crippen LogP contribution in [0.2, 0.25) is 0 Å². The lowest BCUT2D eigenvalue weighted by molar-refractivity contribution is -0.145. The fourth-order valence-corrected chi connectivity index (χ4v) is 8.24. The van der Waals surface area contributed by atoms with Gasteiger partial charge in [-0.1, -0.05) is 65.9 Å². The summed E-state index contributed by atoms with van der Waals surface area (Å²) in [4.78, 5) is 24.8. The van der Waals surface area contributed by atoms with Gasteiger partial charge in [0.25, 0.3) is 0 Å². The van der Waals surface area contributed by atoms with Crippen molar-refractivity contribution in [3.63, 3.8) is 0 Å². The molecule has 64 heavy (non-hydrogen) atoms. The Labute approximate surface area is 371 Å². The van der Waals surface area contributed by atoms with Crippen molar-refractivity contribution in [2.24, 2.45) is 0 Å². The molecule has 4 aromatic heterocycles. The molecule has 0 fully saturated rings. The van der Waals surface area contributed by atoms with Gasteiger partial charge in [0.1, 0.15) is 23.0 Å². The molecule has 8 aromatic rings. The molecule has 0 amide bonds. The molecule has 0 spiro atoms. The molecular formula is C54H37N3O6S. The van der Waals surface area contributed by atoms with Crippen molar-refractivity contribution < 1.29 is 29.6 Å². The molecule has 9 rings (SSSR count). The van der Waals surface area contributed by atoms with E-state index in [1.54, 1.807) is 72.9 Å². The largest absolute Gasteiger partial charge is 0.508 e. The summed E-state index contributed by atoms with van der Waals surface area (Å²) >= 11 is 1.57. The summed E-state index contributed by atoms with van der Waals surface area (Å²) in [5, 5.41) is 33.7. The number of carbonyl (C=O) groups is 1. The molecule has 0 aliphatic carbocycles. The number of carbonyl (C=O) groups excluding carboxylic acids is 1. The van der Waals surface area contributed by atoms with Crippen LogP contribution < -0.4 is 26.1 Å². The van der Waals surface area contributed by atoms with Crippen LogP contribution in [0.1, 0.15) is 50.3 Å². The predicted octanol–water partition coefficient (Wildman–Crippen LogP) is 6.10. The number of rotatable bonds is 5. The van der Waals surface area contributed by atoms with Crippen LogP contribution in [-0.2, 0) is 9.53 Å². The normalized spacial score (nSPS) is 11.7. The number of thiophene rings is 1. The molecule has 310 valence electrons. The maximum Gasteiger partial charge on any atom is 0.344 e. The molecular weight excluding hydrogens is 819 g/mol. The summed E-state index contributed by atoms with van der Waals surface area (Å²) in [6, 6.07) is 44.1. The maximum absolute atomic E-state index is 12.0. The second-order valence-electron chi connectivity index (χ2n) is 14.5. The molecule has 0 saturated carbocycles. The first-order valence-corrected chi connectivity index (χ1v) is 21.1. The number of hydrogen-bond donors (Lipinski definition) is 6. The van der Waals surface area contributed by atoms with Gasteiger partial charge in [-0.3, -0.25) is 0 Å². The van der Waals surface area contributed by atoms with Gasteiger partial charge in [0, 0.05) is 37.4 Å². The highest BCUT2D eigenvalue weighted by atomic mass is 32.1. The van der Waals surface area contributed by atoms with Crippen LogP contribution in [0.25, 0.3) is 22.3 Å². The van der Waals surface area contributed by atoms with E-state index in [-0.39, 0.29) is 30.5 Å². The van der Waals surface area contributed by atoms with Gasteiger partial charge in [0.15, 0.2) is 6.61 Å². The van der Waals surface area contributed by atoms with Crippen LogP contribution in [0.5, 0.6) is 23.0 Å². The summed E-state index contributed by atoms with van der Waals surface area (Å²) in [5.41, 5.74) is 7.24. The van der Waals surface area contributed by atoms with Crippen LogP contribution in [-0.4, -0.2) is 49.5 Å². The van der Waals surface area contributed by atoms with E-state index >= 15 is 0 Å². The lowest BCUT2D eigenvalue weighted by atomic mass is 10.0. The Hall–Kier alpha value is -8.75. The predicted molar refractivity (Wildman–Crippen MR) is 248 cm³/mol. The average Bonchev–Trinajstić information content (AvgIpc) is 4.14. The average molecular weight is 856 g/mol. The Kier molecular flexibility index (Phi) is 11.5. The molecule has 10 heteroatoms. The van der Waals surface area contributed by atoms with Gasteiger partial charge in [-0.2, -0.15) is 0 Å². The van der Waals surface area contributed by atoms with Gasteiger partial charge in [0.2, 0.25) is 0 Å². The zero-order valence-corrected chi connectivity index (χ0v) is 35.1. The summed E-state index contributed by atoms with van der Waals surface area (Å²) in [5.74, 6) is 20.4. The number of ether oxygens (including phenoxy) is 2. The monoisotopic (exact) mass is 855 g/mol. The third kappa shape index (κ3) is 9.12. The van der Waals surface area contributed by atoms with Gasteiger partial charge >= 0.3 is 5.97 Å². The van der Waals surface area contributed by atoms with Gasteiger partial charge in [0.05, 0.1) is 50.8 Å². The van der Waals surface area contributed by atoms with E-state index in [4.69, 9.17) is 9.47 Å². The number of fused-ring (bicyclic) bond motifs is 8. The molecule has 0 unspecified atom stereocenters. The Balaban J connectivity index is 1.31. The molecule has 0 radical (unpaired) electrons. The number of aromatic nitrogens is 3. The quantitative estimate of drug-likeness (QED) is 0.0913. The number of phenols is 3. The van der Waals surface area contributed by atoms with Crippen LogP contribution in [0.3, 0.4) is 0 Å². The minimum Gasteiger partial charge on any atom is -0.508 e. The minimum absolute atomic E-state index is 0.117. The lowest BCUT2D eigenvalue weighted by Crippen LogP contribution is -2.17. The first-order chi connectivity index (χ1) is 31.3. The zero-order valence-electron chi connectivity index (χ0n) is 34.2. The fraction of sp³-hybridized carbons (Fsp3) is 0.0556. The Morgan fingerprint density at radius 1 is 0.531 bits per heavy atom. The highest BCUT2D eigenvalue weighted by Gasteiger charge is 2.16. The molecule has 8 bridgehead atoms. The van der Waals surface area contributed by atoms with Crippen molar-refractivity contribution in [3.05, 3.63) is 210 Å². The van der Waals surface area contributed by atoms with E-state index in [9.17, 15) is 20.1 Å². The van der Waals surface area contributed by atoms with E-state index in [1.165, 1.54) is 0 Å². The van der Waals surface area contributed by atoms with Crippen molar-refractivity contribution in [1.82, 2.24) is 15.0 Å². The number of benzene rings is 4. The molecule has 6 N–H and O–H groups in total. The number of aromatic hydroxyl groups is 3. The molecule has 0 atom stereocenters. The number of esters is 1. The van der Waals surface area contributed by atoms with Crippen LogP contribution >= 0.6 is 11.3 Å². The number of nitrogens with one attached hydrogen (secondary N) is 3. The smallest absolute Gasteiger partial charge is 0.344 e. The van der Waals surface area contributed by atoms with E-state index in [2.05, 4.69) is 56.5 Å². The van der Waals surface area contributed by atoms with Gasteiger partial charge in [-0.25, -0.2) is 4.79 Å². The third-order valence-electron chi connectivity index (χ3n) is 10.1. The van der Waals surface area contributed by atoms with Crippen LogP contribution in [0, 0.1) is 35.5 Å². The zero-order chi connectivity index (χ0) is 44.0. The van der Waals surface area contributed by atoms with Gasteiger partial charge in [-0.05, 0) is 128 Å². The number of H-pyrrole nitrogens is 3. The van der Waals surface area contributed by atoms with Crippen molar-refractivity contribution in [2.45, 2.75) is 6.92 Å². The van der Waals surface area contributed by atoms with Crippen molar-refractivity contribution in [2.75, 3.05) is 13.2 Å². The van der Waals surface area contributed by atoms with Crippen molar-refractivity contribution in [1.29, 1.82) is 0 Å². The maximum atomic E-state index is 12.0. The first kappa shape index (κ1) is 40.6. The van der Waals surface area contributed by atoms with Crippen molar-refractivity contribution in [3.8, 4) is 58.5 Å². The minimum atomic E-state index is -0.444. The molecule has 0 saturated heterocycles. The summed E-state index contributed by atoms with van der Waals surface area (Å²) < 4.78 is 10.8. The van der Waals surface area contributed by atoms with Gasteiger partial charge in [-0.15, -0.1) is 11.3 Å². The second-order valence-corrected chi connectivity index (χ2v) is 15.6. The van der Waals surface area contributed by atoms with Crippen molar-refractivity contribution >= 4 is 39.6 Å². The summed E-state index contributed by atoms with van der Waals surface area (Å²) in [6.07, 6.45) is 0. The van der Waals surface area contributed by atoms with E-state index < -0.39 is 5.97 Å². The number of aromatic amines is 3. The van der Waals surface area contributed by atoms with E-state index in [0.717, 1.165) is 59.2 Å². The molecule has 1 aliphatic heterocycles. The standard InChI is InChI=1S/C54H37N3O6S/c1-2-62-53(61)33-63-41-17-15-37(16-18-41)54-50-27-26-48(57-50)43(20-13-35-7-4-10-39(59)31-35)46-23-22-45(55-46)42(19-12-34-6-3-9-38(58)30-34)47-24-25-49(56-47)44(51-28-29-52(54)64-51)21-14-36-8-5-11-40(60)32-36/h3-11,15-18,22-32,55-60H,2,33H2,1H3. The topological polar surface area (TPSA) is 144 Å². The molecule has 9 nitrogen and oxygen atoms in total. The van der Waals surface area contributed by atoms with E-state index in [0.29, 0.717) is 33.6 Å². The highest BCUT2D eigenvalue weighted by Crippen LogP contribution is 2.32. The highest BCUT2D eigenvalue weighted by molar-refractivity contribution is 7.14.